The van der Waals surface area contributed by atoms with Gasteiger partial charge < -0.3 is 4.74 Å². The van der Waals surface area contributed by atoms with Gasteiger partial charge in [-0.3, -0.25) is 19.3 Å². The summed E-state index contributed by atoms with van der Waals surface area (Å²) in [5, 5.41) is 1.53. The number of methoxy groups -OCH3 is 1. The Morgan fingerprint density at radius 2 is 1.78 bits per heavy atom. The van der Waals surface area contributed by atoms with E-state index in [-0.39, 0.29) is 37.0 Å². The van der Waals surface area contributed by atoms with Crippen LogP contribution in [0.4, 0.5) is 0 Å². The summed E-state index contributed by atoms with van der Waals surface area (Å²) in [7, 11) is 1.62. The number of halogens is 1. The highest BCUT2D eigenvalue weighted by Gasteiger charge is 2.30. The first-order valence-electron chi connectivity index (χ1n) is 10.6. The molecule has 0 N–H and O–H groups in total. The Balaban J connectivity index is 1.63. The van der Waals surface area contributed by atoms with Gasteiger partial charge in [0.2, 0.25) is 11.8 Å². The molecular formula is C24H21ClN2O4S. The van der Waals surface area contributed by atoms with Crippen LogP contribution in [-0.4, -0.2) is 41.1 Å². The predicted molar refractivity (Wildman–Crippen MR) is 123 cm³/mol. The van der Waals surface area contributed by atoms with Crippen LogP contribution >= 0.6 is 22.9 Å². The lowest BCUT2D eigenvalue weighted by Crippen LogP contribution is -2.31. The molecule has 0 radical (unpaired) electrons. The summed E-state index contributed by atoms with van der Waals surface area (Å²) in [6.07, 6.45) is 2.56. The second-order valence-electron chi connectivity index (χ2n) is 8.06. The normalized spacial score (nSPS) is 16.2. The average molecular weight is 469 g/mol. The minimum Gasteiger partial charge on any atom is -0.497 e. The van der Waals surface area contributed by atoms with Gasteiger partial charge in [0.1, 0.15) is 16.4 Å². The van der Waals surface area contributed by atoms with E-state index in [9.17, 15) is 14.4 Å². The molecule has 6 nitrogen and oxygen atoms in total. The van der Waals surface area contributed by atoms with Crippen molar-refractivity contribution in [3.05, 3.63) is 45.4 Å². The van der Waals surface area contributed by atoms with Crippen LogP contribution in [-0.2, 0) is 33.6 Å². The van der Waals surface area contributed by atoms with E-state index in [4.69, 9.17) is 21.3 Å². The molecule has 0 bridgehead atoms. The van der Waals surface area contributed by atoms with E-state index in [1.165, 1.54) is 16.2 Å². The van der Waals surface area contributed by atoms with Crippen LogP contribution < -0.4 is 4.74 Å². The number of likely N-dealkylation sites (tertiary alicyclic amines) is 1. The van der Waals surface area contributed by atoms with Crippen LogP contribution in [0.25, 0.3) is 21.3 Å². The quantitative estimate of drug-likeness (QED) is 0.519. The van der Waals surface area contributed by atoms with Crippen molar-refractivity contribution >= 4 is 50.8 Å². The number of pyridine rings is 1. The Bertz CT molecular complexity index is 1250. The van der Waals surface area contributed by atoms with Crippen molar-refractivity contribution in [3.63, 3.8) is 0 Å². The van der Waals surface area contributed by atoms with Crippen LogP contribution in [0.3, 0.4) is 0 Å². The highest BCUT2D eigenvalue weighted by molar-refractivity contribution is 7.19. The summed E-state index contributed by atoms with van der Waals surface area (Å²) in [5.41, 5.74) is 3.64. The number of amides is 2. The van der Waals surface area contributed by atoms with Gasteiger partial charge in [-0.1, -0.05) is 23.7 Å². The molecule has 0 unspecified atom stereocenters. The van der Waals surface area contributed by atoms with E-state index in [2.05, 4.69) is 0 Å². The van der Waals surface area contributed by atoms with Gasteiger partial charge in [-0.2, -0.15) is 0 Å². The fourth-order valence-corrected chi connectivity index (χ4v) is 6.10. The monoisotopic (exact) mass is 468 g/mol. The van der Waals surface area contributed by atoms with Gasteiger partial charge >= 0.3 is 0 Å². The lowest BCUT2D eigenvalue weighted by Gasteiger charge is -2.17. The Hall–Kier alpha value is -2.77. The van der Waals surface area contributed by atoms with Crippen molar-refractivity contribution < 1.29 is 19.1 Å². The predicted octanol–water partition coefficient (Wildman–Crippen LogP) is 4.37. The highest BCUT2D eigenvalue weighted by atomic mass is 35.5. The molecule has 1 fully saturated rings. The molecule has 1 aliphatic heterocycles. The van der Waals surface area contributed by atoms with Crippen molar-refractivity contribution in [2.45, 2.75) is 38.5 Å². The molecule has 3 heterocycles. The fraction of sp³-hybridized carbons (Fsp3) is 0.333. The molecule has 32 heavy (non-hydrogen) atoms. The molecule has 1 aliphatic carbocycles. The maximum atomic E-state index is 12.0. The van der Waals surface area contributed by atoms with E-state index in [0.29, 0.717) is 36.4 Å². The number of thiophene rings is 1. The third kappa shape index (κ3) is 3.59. The third-order valence-corrected chi connectivity index (χ3v) is 7.68. The number of imide groups is 1. The Labute approximate surface area is 194 Å². The topological polar surface area (TPSA) is 76.6 Å². The molecule has 2 aromatic heterocycles. The maximum absolute atomic E-state index is 12.0. The van der Waals surface area contributed by atoms with E-state index in [0.717, 1.165) is 37.5 Å². The van der Waals surface area contributed by atoms with E-state index in [1.807, 2.05) is 24.3 Å². The number of fused-ring (bicyclic) bond motifs is 3. The van der Waals surface area contributed by atoms with Gasteiger partial charge in [0.15, 0.2) is 0 Å². The summed E-state index contributed by atoms with van der Waals surface area (Å²) in [4.78, 5) is 44.1. The Kier molecular flexibility index (Phi) is 5.47. The number of Topliss-reactive ketones (excluding diaryl/α,β-unsaturated/α-hetero) is 1. The Morgan fingerprint density at radius 1 is 1.06 bits per heavy atom. The lowest BCUT2D eigenvalue weighted by molar-refractivity contribution is -0.138. The number of ether oxygens (including phenoxy) is 1. The zero-order valence-electron chi connectivity index (χ0n) is 17.6. The van der Waals surface area contributed by atoms with E-state index < -0.39 is 0 Å². The standard InChI is InChI=1S/C24H21ClN2O4S/c1-31-15-5-2-13(3-6-15)21-22-16-7-4-14(28)12-18(16)32-24(22)26-17(23(21)25)10-11-27-19(29)8-9-20(27)30/h2-3,5-6H,4,7-12H2,1H3. The van der Waals surface area contributed by atoms with Crippen molar-refractivity contribution in [3.8, 4) is 16.9 Å². The zero-order chi connectivity index (χ0) is 22.4. The third-order valence-electron chi connectivity index (χ3n) is 6.15. The number of hydrogen-bond acceptors (Lipinski definition) is 6. The SMILES string of the molecule is COc1ccc(-c2c(Cl)c(CCN3C(=O)CCC3=O)nc3sc4c(c23)CCC(=O)C4)cc1. The molecule has 164 valence electrons. The number of ketones is 1. The summed E-state index contributed by atoms with van der Waals surface area (Å²) in [6.45, 7) is 0.265. The molecule has 2 aliphatic rings. The molecule has 0 saturated carbocycles. The number of rotatable bonds is 5. The van der Waals surface area contributed by atoms with Gasteiger partial charge in [0, 0.05) is 54.5 Å². The first-order valence-corrected chi connectivity index (χ1v) is 11.8. The average Bonchev–Trinajstić information content (AvgIpc) is 3.30. The van der Waals surface area contributed by atoms with Crippen LogP contribution in [0.5, 0.6) is 5.75 Å². The smallest absolute Gasteiger partial charge is 0.229 e. The summed E-state index contributed by atoms with van der Waals surface area (Å²) >= 11 is 8.48. The van der Waals surface area contributed by atoms with Crippen molar-refractivity contribution in [2.75, 3.05) is 13.7 Å². The van der Waals surface area contributed by atoms with Crippen molar-refractivity contribution in [1.82, 2.24) is 9.88 Å². The van der Waals surface area contributed by atoms with Crippen LogP contribution in [0.2, 0.25) is 5.02 Å². The van der Waals surface area contributed by atoms with E-state index in [1.54, 1.807) is 7.11 Å². The van der Waals surface area contributed by atoms with Gasteiger partial charge in [-0.25, -0.2) is 4.98 Å². The number of aryl methyl sites for hydroxylation is 1. The van der Waals surface area contributed by atoms with Crippen LogP contribution in [0, 0.1) is 0 Å². The molecule has 1 saturated heterocycles. The van der Waals surface area contributed by atoms with Crippen LogP contribution in [0.15, 0.2) is 24.3 Å². The molecule has 0 spiro atoms. The number of hydrogen-bond donors (Lipinski definition) is 0. The zero-order valence-corrected chi connectivity index (χ0v) is 19.1. The second kappa shape index (κ2) is 8.30. The molecule has 2 amide bonds. The molecule has 0 atom stereocenters. The fourth-order valence-electron chi connectivity index (χ4n) is 4.48. The van der Waals surface area contributed by atoms with Crippen LogP contribution in [0.1, 0.15) is 35.4 Å². The minimum atomic E-state index is -0.146. The van der Waals surface area contributed by atoms with Gasteiger partial charge in [-0.05, 0) is 29.7 Å². The number of carbonyl (C=O) groups is 3. The van der Waals surface area contributed by atoms with Gasteiger partial charge in [-0.15, -0.1) is 11.3 Å². The first-order chi connectivity index (χ1) is 15.5. The Morgan fingerprint density at radius 3 is 2.47 bits per heavy atom. The van der Waals surface area contributed by atoms with Crippen molar-refractivity contribution in [2.24, 2.45) is 0 Å². The first kappa shape index (κ1) is 21.1. The van der Waals surface area contributed by atoms with Crippen molar-refractivity contribution in [1.29, 1.82) is 0 Å². The summed E-state index contributed by atoms with van der Waals surface area (Å²) < 4.78 is 5.30. The van der Waals surface area contributed by atoms with Gasteiger partial charge in [0.25, 0.3) is 0 Å². The largest absolute Gasteiger partial charge is 0.497 e. The highest BCUT2D eigenvalue weighted by Crippen LogP contribution is 2.44. The molecule has 3 aromatic rings. The second-order valence-corrected chi connectivity index (χ2v) is 9.53. The number of benzene rings is 1. The molecular weight excluding hydrogens is 448 g/mol. The number of carbonyl (C=O) groups excluding carboxylic acids is 3. The molecule has 8 heteroatoms. The lowest BCUT2D eigenvalue weighted by atomic mass is 9.91. The number of aromatic nitrogens is 1. The summed E-state index contributed by atoms with van der Waals surface area (Å²) in [5.74, 6) is 0.701. The molecule has 1 aromatic carbocycles. The molecule has 5 rings (SSSR count). The number of nitrogens with zero attached hydrogens (tertiary/aromatic N) is 2. The van der Waals surface area contributed by atoms with E-state index >= 15 is 0 Å². The maximum Gasteiger partial charge on any atom is 0.229 e. The minimum absolute atomic E-state index is 0.146. The summed E-state index contributed by atoms with van der Waals surface area (Å²) in [6, 6.07) is 7.71. The van der Waals surface area contributed by atoms with Gasteiger partial charge in [0.05, 0.1) is 17.8 Å².